The van der Waals surface area contributed by atoms with E-state index in [1.807, 2.05) is 12.4 Å². The van der Waals surface area contributed by atoms with Crippen LogP contribution in [0.4, 0.5) is 0 Å². The number of piperidine rings is 1. The highest BCUT2D eigenvalue weighted by atomic mass is 15.3. The summed E-state index contributed by atoms with van der Waals surface area (Å²) in [6.45, 7) is 7.75. The molecule has 0 radical (unpaired) electrons. The molecule has 1 aromatic rings. The van der Waals surface area contributed by atoms with Crippen molar-refractivity contribution >= 4 is 0 Å². The summed E-state index contributed by atoms with van der Waals surface area (Å²) in [5, 5.41) is 0. The van der Waals surface area contributed by atoms with E-state index in [2.05, 4.69) is 27.8 Å². The molecule has 0 aliphatic carbocycles. The molecule has 0 saturated carbocycles. The molecule has 2 atom stereocenters. The largest absolute Gasteiger partial charge is 0.329 e. The molecule has 2 saturated heterocycles. The third-order valence-corrected chi connectivity index (χ3v) is 5.20. The number of aryl methyl sites for hydroxylation is 1. The van der Waals surface area contributed by atoms with Gasteiger partial charge in [-0.05, 0) is 56.5 Å². The molecule has 4 nitrogen and oxygen atoms in total. The molecule has 3 rings (SSSR count). The summed E-state index contributed by atoms with van der Waals surface area (Å²) in [5.74, 6) is 0. The first-order chi connectivity index (χ1) is 10.3. The van der Waals surface area contributed by atoms with Crippen LogP contribution < -0.4 is 5.73 Å². The first-order valence-corrected chi connectivity index (χ1v) is 8.38. The summed E-state index contributed by atoms with van der Waals surface area (Å²) in [6.07, 6.45) is 9.31. The van der Waals surface area contributed by atoms with E-state index >= 15 is 0 Å². The molecule has 0 aromatic carbocycles. The van der Waals surface area contributed by atoms with Crippen molar-refractivity contribution < 1.29 is 0 Å². The lowest BCUT2D eigenvalue weighted by Crippen LogP contribution is -2.42. The van der Waals surface area contributed by atoms with Gasteiger partial charge in [-0.15, -0.1) is 0 Å². The van der Waals surface area contributed by atoms with Gasteiger partial charge in [-0.3, -0.25) is 14.8 Å². The van der Waals surface area contributed by atoms with Crippen molar-refractivity contribution in [1.29, 1.82) is 0 Å². The highest BCUT2D eigenvalue weighted by Crippen LogP contribution is 2.28. The van der Waals surface area contributed by atoms with Crippen molar-refractivity contribution in [3.8, 4) is 0 Å². The van der Waals surface area contributed by atoms with Gasteiger partial charge in [0.15, 0.2) is 0 Å². The quantitative estimate of drug-likeness (QED) is 0.920. The zero-order chi connectivity index (χ0) is 14.7. The Bertz CT molecular complexity index is 456. The monoisotopic (exact) mass is 288 g/mol. The van der Waals surface area contributed by atoms with E-state index < -0.39 is 0 Å². The zero-order valence-corrected chi connectivity index (χ0v) is 13.2. The number of aromatic nitrogens is 1. The number of hydrogen-bond donors (Lipinski definition) is 1. The van der Waals surface area contributed by atoms with Crippen molar-refractivity contribution in [2.75, 3.05) is 32.7 Å². The summed E-state index contributed by atoms with van der Waals surface area (Å²) < 4.78 is 0. The highest BCUT2D eigenvalue weighted by molar-refractivity contribution is 5.25. The van der Waals surface area contributed by atoms with Gasteiger partial charge in [0, 0.05) is 44.1 Å². The second-order valence-corrected chi connectivity index (χ2v) is 6.52. The van der Waals surface area contributed by atoms with Gasteiger partial charge in [-0.25, -0.2) is 0 Å². The van der Waals surface area contributed by atoms with Crippen LogP contribution in [0.5, 0.6) is 0 Å². The second-order valence-electron chi connectivity index (χ2n) is 6.52. The fraction of sp³-hybridized carbons (Fsp3) is 0.706. The summed E-state index contributed by atoms with van der Waals surface area (Å²) in [7, 11) is 0. The molecule has 4 heteroatoms. The average molecular weight is 288 g/mol. The molecule has 0 bridgehead atoms. The molecule has 2 fully saturated rings. The number of nitrogens with zero attached hydrogens (tertiary/aromatic N) is 3. The lowest BCUT2D eigenvalue weighted by molar-refractivity contribution is 0.152. The van der Waals surface area contributed by atoms with E-state index in [-0.39, 0.29) is 0 Å². The molecule has 2 aliphatic rings. The van der Waals surface area contributed by atoms with Crippen molar-refractivity contribution in [2.24, 2.45) is 5.73 Å². The Hall–Kier alpha value is -0.970. The van der Waals surface area contributed by atoms with Crippen molar-refractivity contribution in [3.63, 3.8) is 0 Å². The van der Waals surface area contributed by atoms with Crippen LogP contribution in [0.1, 0.15) is 42.9 Å². The maximum atomic E-state index is 6.09. The SMILES string of the molecule is Cc1ccncc1C(CN)N1CCC(N2CCCCC2)C1. The van der Waals surface area contributed by atoms with E-state index in [1.54, 1.807) is 0 Å². The van der Waals surface area contributed by atoms with E-state index in [1.165, 1.54) is 49.9 Å². The maximum absolute atomic E-state index is 6.09. The van der Waals surface area contributed by atoms with Crippen molar-refractivity contribution in [1.82, 2.24) is 14.8 Å². The van der Waals surface area contributed by atoms with Crippen LogP contribution in [0.25, 0.3) is 0 Å². The smallest absolute Gasteiger partial charge is 0.0489 e. The molecule has 0 spiro atoms. The molecular formula is C17H28N4. The van der Waals surface area contributed by atoms with Crippen LogP contribution in [0.15, 0.2) is 18.5 Å². The molecule has 2 aliphatic heterocycles. The maximum Gasteiger partial charge on any atom is 0.0489 e. The van der Waals surface area contributed by atoms with Crippen LogP contribution in [0.2, 0.25) is 0 Å². The van der Waals surface area contributed by atoms with Crippen molar-refractivity contribution in [2.45, 2.75) is 44.7 Å². The molecule has 116 valence electrons. The fourth-order valence-electron chi connectivity index (χ4n) is 3.93. The minimum atomic E-state index is 0.327. The number of rotatable bonds is 4. The number of nitrogens with two attached hydrogens (primary N) is 1. The van der Waals surface area contributed by atoms with E-state index in [4.69, 9.17) is 5.73 Å². The number of likely N-dealkylation sites (tertiary alicyclic amines) is 2. The van der Waals surface area contributed by atoms with Crippen LogP contribution in [0.3, 0.4) is 0 Å². The lowest BCUT2D eigenvalue weighted by Gasteiger charge is -2.33. The van der Waals surface area contributed by atoms with Gasteiger partial charge in [-0.1, -0.05) is 6.42 Å². The standard InChI is InChI=1S/C17H28N4/c1-14-5-7-19-12-16(14)17(11-18)21-10-6-15(13-21)20-8-3-2-4-9-20/h5,7,12,15,17H,2-4,6,8-11,13,18H2,1H3. The number of pyridine rings is 1. The Kier molecular flexibility index (Phi) is 4.88. The van der Waals surface area contributed by atoms with Crippen LogP contribution in [0, 0.1) is 6.92 Å². The fourth-order valence-corrected chi connectivity index (χ4v) is 3.93. The molecule has 21 heavy (non-hydrogen) atoms. The Morgan fingerprint density at radius 2 is 2.10 bits per heavy atom. The Labute approximate surface area is 128 Å². The van der Waals surface area contributed by atoms with Gasteiger partial charge < -0.3 is 5.73 Å². The van der Waals surface area contributed by atoms with E-state index in [9.17, 15) is 0 Å². The van der Waals surface area contributed by atoms with Gasteiger partial charge in [0.25, 0.3) is 0 Å². The third-order valence-electron chi connectivity index (χ3n) is 5.20. The first kappa shape index (κ1) is 14.9. The van der Waals surface area contributed by atoms with Crippen LogP contribution in [-0.4, -0.2) is 53.5 Å². The highest BCUT2D eigenvalue weighted by Gasteiger charge is 2.32. The summed E-state index contributed by atoms with van der Waals surface area (Å²) in [6, 6.07) is 3.15. The molecule has 0 amide bonds. The first-order valence-electron chi connectivity index (χ1n) is 8.38. The van der Waals surface area contributed by atoms with Gasteiger partial charge in [-0.2, -0.15) is 0 Å². The summed E-state index contributed by atoms with van der Waals surface area (Å²) >= 11 is 0. The van der Waals surface area contributed by atoms with Gasteiger partial charge in [0.2, 0.25) is 0 Å². The molecule has 2 N–H and O–H groups in total. The zero-order valence-electron chi connectivity index (χ0n) is 13.2. The molecule has 2 unspecified atom stereocenters. The predicted molar refractivity (Wildman–Crippen MR) is 86.2 cm³/mol. The normalized spacial score (nSPS) is 26.1. The topological polar surface area (TPSA) is 45.4 Å². The second kappa shape index (κ2) is 6.86. The van der Waals surface area contributed by atoms with Crippen molar-refractivity contribution in [3.05, 3.63) is 29.6 Å². The number of hydrogen-bond acceptors (Lipinski definition) is 4. The summed E-state index contributed by atoms with van der Waals surface area (Å²) in [5.41, 5.74) is 8.71. The van der Waals surface area contributed by atoms with Crippen LogP contribution in [-0.2, 0) is 0 Å². The Morgan fingerprint density at radius 3 is 2.81 bits per heavy atom. The average Bonchev–Trinajstić information content (AvgIpc) is 3.00. The summed E-state index contributed by atoms with van der Waals surface area (Å²) in [4.78, 5) is 9.58. The van der Waals surface area contributed by atoms with Gasteiger partial charge in [0.05, 0.1) is 0 Å². The van der Waals surface area contributed by atoms with Crippen LogP contribution >= 0.6 is 0 Å². The molecule has 3 heterocycles. The Balaban J connectivity index is 1.67. The molecular weight excluding hydrogens is 260 g/mol. The van der Waals surface area contributed by atoms with Gasteiger partial charge >= 0.3 is 0 Å². The predicted octanol–water partition coefficient (Wildman–Crippen LogP) is 1.95. The Morgan fingerprint density at radius 1 is 1.29 bits per heavy atom. The van der Waals surface area contributed by atoms with E-state index in [0.29, 0.717) is 12.6 Å². The third kappa shape index (κ3) is 3.28. The minimum absolute atomic E-state index is 0.327. The lowest BCUT2D eigenvalue weighted by atomic mass is 10.0. The van der Waals surface area contributed by atoms with Gasteiger partial charge in [0.1, 0.15) is 0 Å². The van der Waals surface area contributed by atoms with E-state index in [0.717, 1.165) is 19.1 Å². The molecule has 1 aromatic heterocycles. The minimum Gasteiger partial charge on any atom is -0.329 e.